The number of thiophene rings is 1. The second-order valence-corrected chi connectivity index (χ2v) is 16.3. The minimum atomic E-state index is 1.21. The maximum atomic E-state index is 2.55. The van der Waals surface area contributed by atoms with Gasteiger partial charge in [-0.3, -0.25) is 0 Å². The van der Waals surface area contributed by atoms with E-state index in [2.05, 4.69) is 192 Å². The monoisotopic (exact) mass is 725 g/mol. The number of benzene rings is 10. The van der Waals surface area contributed by atoms with Crippen LogP contribution in [0.2, 0.25) is 0 Å². The van der Waals surface area contributed by atoms with Crippen LogP contribution in [0.3, 0.4) is 0 Å². The molecule has 0 unspecified atom stereocenters. The van der Waals surface area contributed by atoms with Crippen molar-refractivity contribution >= 4 is 113 Å². The van der Waals surface area contributed by atoms with Crippen LogP contribution in [0, 0.1) is 0 Å². The molecule has 0 amide bonds. The third kappa shape index (κ3) is 4.09. The lowest BCUT2D eigenvalue weighted by Crippen LogP contribution is -1.87. The molecule has 56 heavy (non-hydrogen) atoms. The van der Waals surface area contributed by atoms with E-state index in [-0.39, 0.29) is 0 Å². The van der Waals surface area contributed by atoms with Crippen LogP contribution >= 0.6 is 11.3 Å². The van der Waals surface area contributed by atoms with Gasteiger partial charge < -0.3 is 4.40 Å². The fourth-order valence-corrected chi connectivity index (χ4v) is 11.0. The predicted octanol–water partition coefficient (Wildman–Crippen LogP) is 15.7. The molecule has 2 heteroatoms. The van der Waals surface area contributed by atoms with Crippen LogP contribution in [-0.2, 0) is 0 Å². The van der Waals surface area contributed by atoms with Gasteiger partial charge in [0.2, 0.25) is 0 Å². The number of fused-ring (bicyclic) bond motifs is 13. The Kier molecular flexibility index (Phi) is 6.11. The first-order valence-corrected chi connectivity index (χ1v) is 20.2. The number of nitrogens with zero attached hydrogens (tertiary/aromatic N) is 1. The molecule has 0 aliphatic rings. The van der Waals surface area contributed by atoms with Crippen LogP contribution < -0.4 is 0 Å². The SMILES string of the molecule is c1cc(-c2ccc3c4ccccc4c4ccccc4c3c2)cc(-c2ccc3c(c2)c2cccc4c5ccccc5c5cccc6sc7cccc(c7c65)n3c42)c1. The Morgan fingerprint density at radius 3 is 1.41 bits per heavy atom. The van der Waals surface area contributed by atoms with Gasteiger partial charge in [0, 0.05) is 36.3 Å². The lowest BCUT2D eigenvalue weighted by molar-refractivity contribution is 1.36. The summed E-state index contributed by atoms with van der Waals surface area (Å²) in [5.41, 5.74) is 8.61. The van der Waals surface area contributed by atoms with Gasteiger partial charge in [0.05, 0.1) is 16.6 Å². The molecular weight excluding hydrogens is 695 g/mol. The molecule has 10 aromatic carbocycles. The Morgan fingerprint density at radius 2 is 0.714 bits per heavy atom. The highest BCUT2D eigenvalue weighted by atomic mass is 32.1. The van der Waals surface area contributed by atoms with E-state index < -0.39 is 0 Å². The minimum absolute atomic E-state index is 1.21. The summed E-state index contributed by atoms with van der Waals surface area (Å²) in [7, 11) is 0. The van der Waals surface area contributed by atoms with Gasteiger partial charge in [-0.2, -0.15) is 0 Å². The van der Waals surface area contributed by atoms with Gasteiger partial charge in [0.25, 0.3) is 0 Å². The first kappa shape index (κ1) is 30.3. The van der Waals surface area contributed by atoms with Gasteiger partial charge in [0.15, 0.2) is 0 Å². The molecule has 1 nitrogen and oxygen atoms in total. The summed E-state index contributed by atoms with van der Waals surface area (Å²) in [6.07, 6.45) is 0. The minimum Gasteiger partial charge on any atom is -0.308 e. The van der Waals surface area contributed by atoms with Gasteiger partial charge in [-0.15, -0.1) is 11.3 Å². The van der Waals surface area contributed by atoms with Crippen LogP contribution in [0.4, 0.5) is 0 Å². The smallest absolute Gasteiger partial charge is 0.0619 e. The van der Waals surface area contributed by atoms with Gasteiger partial charge in [0.1, 0.15) is 0 Å². The van der Waals surface area contributed by atoms with Crippen LogP contribution in [0.1, 0.15) is 0 Å². The molecule has 0 atom stereocenters. The van der Waals surface area contributed by atoms with Crippen molar-refractivity contribution in [1.82, 2.24) is 4.40 Å². The van der Waals surface area contributed by atoms with Crippen molar-refractivity contribution in [3.63, 3.8) is 0 Å². The summed E-state index contributed by atoms with van der Waals surface area (Å²) in [5, 5.41) is 18.1. The van der Waals surface area contributed by atoms with E-state index in [9.17, 15) is 0 Å². The number of hydrogen-bond donors (Lipinski definition) is 0. The highest BCUT2D eigenvalue weighted by molar-refractivity contribution is 7.26. The van der Waals surface area contributed by atoms with Crippen LogP contribution in [0.25, 0.3) is 124 Å². The maximum absolute atomic E-state index is 2.55. The first-order chi connectivity index (χ1) is 27.8. The molecule has 0 N–H and O–H groups in total. The van der Waals surface area contributed by atoms with E-state index >= 15 is 0 Å². The molecule has 0 saturated carbocycles. The van der Waals surface area contributed by atoms with Crippen molar-refractivity contribution in [2.75, 3.05) is 0 Å². The zero-order chi connectivity index (χ0) is 36.5. The van der Waals surface area contributed by atoms with Crippen molar-refractivity contribution in [3.05, 3.63) is 188 Å². The van der Waals surface area contributed by atoms with Crippen molar-refractivity contribution in [2.45, 2.75) is 0 Å². The lowest BCUT2D eigenvalue weighted by atomic mass is 9.91. The van der Waals surface area contributed by atoms with Crippen molar-refractivity contribution in [1.29, 1.82) is 0 Å². The first-order valence-electron chi connectivity index (χ1n) is 19.3. The second kappa shape index (κ2) is 11.3. The highest BCUT2D eigenvalue weighted by Gasteiger charge is 2.19. The van der Waals surface area contributed by atoms with Crippen LogP contribution in [-0.4, -0.2) is 4.40 Å². The largest absolute Gasteiger partial charge is 0.308 e. The van der Waals surface area contributed by atoms with Gasteiger partial charge in [-0.05, 0) is 113 Å². The van der Waals surface area contributed by atoms with E-state index in [1.54, 1.807) is 0 Å². The summed E-state index contributed by atoms with van der Waals surface area (Å²) in [4.78, 5) is 0. The van der Waals surface area contributed by atoms with Crippen LogP contribution in [0.5, 0.6) is 0 Å². The molecule has 3 aromatic heterocycles. The molecule has 0 aliphatic carbocycles. The molecule has 0 fully saturated rings. The molecule has 13 rings (SSSR count). The summed E-state index contributed by atoms with van der Waals surface area (Å²) in [6, 6.07) is 70.3. The topological polar surface area (TPSA) is 4.41 Å². The third-order valence-corrected chi connectivity index (χ3v) is 13.4. The average Bonchev–Trinajstić information content (AvgIpc) is 3.83. The molecule has 3 heterocycles. The third-order valence-electron chi connectivity index (χ3n) is 12.3. The zero-order valence-electron chi connectivity index (χ0n) is 30.3. The standard InChI is InChI=1S/C54H31NS/c1-2-15-38-36(13-1)37-14-3-6-18-41(37)46-30-34(25-27-42(38)46)32-11-7-12-33(29-32)35-26-28-48-47(31-35)45-21-8-20-44-40-17-5-4-16-39(40)43-19-9-23-50-52(43)53-49(55(48)54(44)45)22-10-24-51(53)56-50/h1-31H. The Hall–Kier alpha value is -7.00. The molecule has 0 aliphatic heterocycles. The van der Waals surface area contributed by atoms with E-state index in [0.29, 0.717) is 0 Å². The Balaban J connectivity index is 1.07. The van der Waals surface area contributed by atoms with Gasteiger partial charge in [-0.1, -0.05) is 146 Å². The van der Waals surface area contributed by atoms with Crippen molar-refractivity contribution < 1.29 is 0 Å². The fourth-order valence-electron chi connectivity index (χ4n) is 9.89. The zero-order valence-corrected chi connectivity index (χ0v) is 31.1. The second-order valence-electron chi connectivity index (χ2n) is 15.2. The van der Waals surface area contributed by atoms with E-state index in [1.165, 1.54) is 124 Å². The number of hydrogen-bond acceptors (Lipinski definition) is 1. The number of rotatable bonds is 2. The number of para-hydroxylation sites is 1. The molecule has 0 bridgehead atoms. The maximum Gasteiger partial charge on any atom is 0.0619 e. The van der Waals surface area contributed by atoms with E-state index in [1.807, 2.05) is 11.3 Å². The van der Waals surface area contributed by atoms with Gasteiger partial charge >= 0.3 is 0 Å². The summed E-state index contributed by atoms with van der Waals surface area (Å²) >= 11 is 1.90. The Morgan fingerprint density at radius 1 is 0.268 bits per heavy atom. The highest BCUT2D eigenvalue weighted by Crippen LogP contribution is 2.45. The summed E-state index contributed by atoms with van der Waals surface area (Å²) < 4.78 is 5.20. The molecule has 13 aromatic rings. The fraction of sp³-hybridized carbons (Fsp3) is 0. The van der Waals surface area contributed by atoms with Crippen molar-refractivity contribution in [2.24, 2.45) is 0 Å². The Labute approximate surface area is 325 Å². The quantitative estimate of drug-likeness (QED) is 0.156. The lowest BCUT2D eigenvalue weighted by Gasteiger charge is -2.12. The summed E-state index contributed by atoms with van der Waals surface area (Å²) in [5.74, 6) is 0. The molecule has 258 valence electrons. The number of aromatic nitrogens is 1. The van der Waals surface area contributed by atoms with Gasteiger partial charge in [-0.25, -0.2) is 0 Å². The Bertz CT molecular complexity index is 3790. The van der Waals surface area contributed by atoms with Crippen LogP contribution in [0.15, 0.2) is 188 Å². The van der Waals surface area contributed by atoms with Crippen molar-refractivity contribution in [3.8, 4) is 22.3 Å². The summed E-state index contributed by atoms with van der Waals surface area (Å²) in [6.45, 7) is 0. The van der Waals surface area contributed by atoms with E-state index in [0.717, 1.165) is 0 Å². The normalized spacial score (nSPS) is 12.3. The molecule has 0 spiro atoms. The predicted molar refractivity (Wildman–Crippen MR) is 244 cm³/mol. The van der Waals surface area contributed by atoms with E-state index in [4.69, 9.17) is 0 Å². The average molecular weight is 726 g/mol. The molecule has 0 radical (unpaired) electrons. The molecule has 0 saturated heterocycles. The molecular formula is C54H31NS.